The molecule has 2 N–H and O–H groups in total. The molecule has 0 heterocycles. The fraction of sp³-hybridized carbons (Fsp3) is 0.500. The first-order valence-corrected chi connectivity index (χ1v) is 7.93. The van der Waals surface area contributed by atoms with Gasteiger partial charge in [0, 0.05) is 12.2 Å². The molecule has 18 heavy (non-hydrogen) atoms. The quantitative estimate of drug-likeness (QED) is 0.814. The zero-order valence-electron chi connectivity index (χ0n) is 10.7. The summed E-state index contributed by atoms with van der Waals surface area (Å²) in [6, 6.07) is 4.48. The molecule has 1 aromatic rings. The van der Waals surface area contributed by atoms with Crippen LogP contribution in [0.15, 0.2) is 23.1 Å². The van der Waals surface area contributed by atoms with Crippen LogP contribution in [-0.2, 0) is 9.84 Å². The van der Waals surface area contributed by atoms with Gasteiger partial charge in [0.1, 0.15) is 0 Å². The molecule has 0 unspecified atom stereocenters. The van der Waals surface area contributed by atoms with Crippen molar-refractivity contribution in [2.75, 3.05) is 31.1 Å². The van der Waals surface area contributed by atoms with E-state index >= 15 is 0 Å². The van der Waals surface area contributed by atoms with Crippen LogP contribution in [0, 0.1) is 0 Å². The zero-order chi connectivity index (χ0) is 13.8. The number of nitrogens with zero attached hydrogens (tertiary/aromatic N) is 1. The van der Waals surface area contributed by atoms with Crippen molar-refractivity contribution in [1.82, 2.24) is 4.90 Å². The van der Waals surface area contributed by atoms with Gasteiger partial charge < -0.3 is 10.6 Å². The lowest BCUT2D eigenvalue weighted by Gasteiger charge is -2.17. The van der Waals surface area contributed by atoms with E-state index in [0.29, 0.717) is 12.2 Å². The molecule has 1 rings (SSSR count). The summed E-state index contributed by atoms with van der Waals surface area (Å²) >= 11 is 5.92. The molecule has 102 valence electrons. The van der Waals surface area contributed by atoms with Gasteiger partial charge in [-0.15, -0.1) is 0 Å². The number of anilines is 1. The lowest BCUT2D eigenvalue weighted by atomic mass is 10.3. The van der Waals surface area contributed by atoms with Crippen molar-refractivity contribution in [2.24, 2.45) is 0 Å². The van der Waals surface area contributed by atoms with Gasteiger partial charge in [0.25, 0.3) is 0 Å². The third-order valence-electron chi connectivity index (χ3n) is 2.86. The molecule has 0 aliphatic carbocycles. The molecule has 0 saturated heterocycles. The van der Waals surface area contributed by atoms with Gasteiger partial charge in [0.2, 0.25) is 0 Å². The summed E-state index contributed by atoms with van der Waals surface area (Å²) in [5.74, 6) is 0.0678. The second-order valence-electron chi connectivity index (χ2n) is 4.04. The predicted molar refractivity (Wildman–Crippen MR) is 75.7 cm³/mol. The van der Waals surface area contributed by atoms with Gasteiger partial charge in [0.05, 0.1) is 15.7 Å². The van der Waals surface area contributed by atoms with E-state index in [2.05, 4.69) is 4.90 Å². The Morgan fingerprint density at radius 3 is 2.39 bits per heavy atom. The normalized spacial score (nSPS) is 12.0. The van der Waals surface area contributed by atoms with Crippen LogP contribution >= 0.6 is 11.6 Å². The van der Waals surface area contributed by atoms with Gasteiger partial charge in [-0.3, -0.25) is 0 Å². The maximum absolute atomic E-state index is 12.1. The van der Waals surface area contributed by atoms with Crippen LogP contribution < -0.4 is 5.73 Å². The Kier molecular flexibility index (Phi) is 5.44. The van der Waals surface area contributed by atoms with Crippen molar-refractivity contribution in [3.05, 3.63) is 23.2 Å². The van der Waals surface area contributed by atoms with Crippen LogP contribution in [0.4, 0.5) is 5.69 Å². The lowest BCUT2D eigenvalue weighted by molar-refractivity contribution is 0.321. The highest BCUT2D eigenvalue weighted by molar-refractivity contribution is 7.91. The highest BCUT2D eigenvalue weighted by atomic mass is 35.5. The van der Waals surface area contributed by atoms with E-state index < -0.39 is 9.84 Å². The van der Waals surface area contributed by atoms with Gasteiger partial charge in [-0.05, 0) is 31.3 Å². The Labute approximate surface area is 114 Å². The van der Waals surface area contributed by atoms with E-state index in [-0.39, 0.29) is 15.7 Å². The minimum absolute atomic E-state index is 0.0678. The van der Waals surface area contributed by atoms with E-state index in [0.717, 1.165) is 13.1 Å². The summed E-state index contributed by atoms with van der Waals surface area (Å²) in [6.45, 7) is 6.19. The molecule has 0 bridgehead atoms. The number of benzene rings is 1. The molecular formula is C12H19ClN2O2S. The van der Waals surface area contributed by atoms with Crippen LogP contribution in [0.25, 0.3) is 0 Å². The summed E-state index contributed by atoms with van der Waals surface area (Å²) in [4.78, 5) is 2.22. The number of sulfone groups is 1. The molecule has 0 aromatic heterocycles. The van der Waals surface area contributed by atoms with Crippen LogP contribution in [-0.4, -0.2) is 38.7 Å². The number of nitrogen functional groups attached to an aromatic ring is 1. The summed E-state index contributed by atoms with van der Waals surface area (Å²) in [6.07, 6.45) is 0. The first kappa shape index (κ1) is 15.3. The van der Waals surface area contributed by atoms with Gasteiger partial charge in [-0.1, -0.05) is 25.4 Å². The molecule has 0 saturated carbocycles. The Morgan fingerprint density at radius 2 is 1.89 bits per heavy atom. The third kappa shape index (κ3) is 3.86. The maximum Gasteiger partial charge on any atom is 0.181 e. The number of hydrogen-bond donors (Lipinski definition) is 1. The molecule has 1 aromatic carbocycles. The van der Waals surface area contributed by atoms with E-state index in [9.17, 15) is 8.42 Å². The van der Waals surface area contributed by atoms with Crippen molar-refractivity contribution in [1.29, 1.82) is 0 Å². The summed E-state index contributed by atoms with van der Waals surface area (Å²) in [5.41, 5.74) is 6.01. The molecule has 0 amide bonds. The Balaban J connectivity index is 2.86. The van der Waals surface area contributed by atoms with Crippen molar-refractivity contribution in [3.8, 4) is 0 Å². The Hall–Kier alpha value is -0.780. The van der Waals surface area contributed by atoms with Crippen molar-refractivity contribution in [3.63, 3.8) is 0 Å². The minimum atomic E-state index is -3.35. The van der Waals surface area contributed by atoms with Gasteiger partial charge in [0.15, 0.2) is 9.84 Å². The monoisotopic (exact) mass is 290 g/mol. The Morgan fingerprint density at radius 1 is 1.28 bits per heavy atom. The zero-order valence-corrected chi connectivity index (χ0v) is 12.3. The number of hydrogen-bond acceptors (Lipinski definition) is 4. The summed E-state index contributed by atoms with van der Waals surface area (Å²) in [5, 5.41) is 0.189. The smallest absolute Gasteiger partial charge is 0.181 e. The molecule has 0 fully saturated rings. The second-order valence-corrected chi connectivity index (χ2v) is 6.52. The Bertz CT molecular complexity index is 499. The van der Waals surface area contributed by atoms with Gasteiger partial charge >= 0.3 is 0 Å². The number of halogens is 1. The molecule has 0 radical (unpaired) electrons. The van der Waals surface area contributed by atoms with Gasteiger partial charge in [-0.2, -0.15) is 0 Å². The highest BCUT2D eigenvalue weighted by Gasteiger charge is 2.18. The SMILES string of the molecule is CCN(CC)CCS(=O)(=O)c1ccc(N)cc1Cl. The lowest BCUT2D eigenvalue weighted by Crippen LogP contribution is -2.29. The van der Waals surface area contributed by atoms with E-state index in [1.54, 1.807) is 6.07 Å². The number of rotatable bonds is 6. The third-order valence-corrected chi connectivity index (χ3v) is 5.03. The first-order chi connectivity index (χ1) is 8.40. The molecule has 0 atom stereocenters. The van der Waals surface area contributed by atoms with Gasteiger partial charge in [-0.25, -0.2) is 8.42 Å². The predicted octanol–water partition coefficient (Wildman–Crippen LogP) is 2.04. The summed E-state index contributed by atoms with van der Waals surface area (Å²) in [7, 11) is -3.35. The fourth-order valence-electron chi connectivity index (χ4n) is 1.67. The van der Waals surface area contributed by atoms with E-state index in [1.807, 2.05) is 13.8 Å². The topological polar surface area (TPSA) is 63.4 Å². The molecule has 4 nitrogen and oxygen atoms in total. The van der Waals surface area contributed by atoms with Crippen LogP contribution in [0.2, 0.25) is 5.02 Å². The second kappa shape index (κ2) is 6.41. The number of nitrogens with two attached hydrogens (primary N) is 1. The molecule has 6 heteroatoms. The average Bonchev–Trinajstić information content (AvgIpc) is 2.29. The van der Waals surface area contributed by atoms with Crippen LogP contribution in [0.5, 0.6) is 0 Å². The molecule has 0 aliphatic rings. The van der Waals surface area contributed by atoms with E-state index in [1.165, 1.54) is 12.1 Å². The molecular weight excluding hydrogens is 272 g/mol. The molecule has 0 aliphatic heterocycles. The van der Waals surface area contributed by atoms with E-state index in [4.69, 9.17) is 17.3 Å². The van der Waals surface area contributed by atoms with Crippen LogP contribution in [0.1, 0.15) is 13.8 Å². The first-order valence-electron chi connectivity index (χ1n) is 5.90. The maximum atomic E-state index is 12.1. The van der Waals surface area contributed by atoms with Crippen molar-refractivity contribution >= 4 is 27.1 Å². The van der Waals surface area contributed by atoms with Crippen molar-refractivity contribution < 1.29 is 8.42 Å². The standard InChI is InChI=1S/C12H19ClN2O2S/c1-3-15(4-2)7-8-18(16,17)12-6-5-10(14)9-11(12)13/h5-6,9H,3-4,7-8,14H2,1-2H3. The minimum Gasteiger partial charge on any atom is -0.399 e. The summed E-state index contributed by atoms with van der Waals surface area (Å²) < 4.78 is 24.3. The average molecular weight is 291 g/mol. The molecule has 0 spiro atoms. The fourth-order valence-corrected chi connectivity index (χ4v) is 3.56. The largest absolute Gasteiger partial charge is 0.399 e. The highest BCUT2D eigenvalue weighted by Crippen LogP contribution is 2.24. The van der Waals surface area contributed by atoms with Crippen LogP contribution in [0.3, 0.4) is 0 Å². The van der Waals surface area contributed by atoms with Crippen molar-refractivity contribution in [2.45, 2.75) is 18.7 Å².